The van der Waals surface area contributed by atoms with Gasteiger partial charge < -0.3 is 20.0 Å². The van der Waals surface area contributed by atoms with Crippen LogP contribution < -0.4 is 10.6 Å². The Balaban J connectivity index is 1.37. The Kier molecular flexibility index (Phi) is 4.25. The third kappa shape index (κ3) is 3.54. The molecule has 0 amide bonds. The van der Waals surface area contributed by atoms with Crippen molar-refractivity contribution in [2.24, 2.45) is 10.9 Å². The van der Waals surface area contributed by atoms with E-state index >= 15 is 0 Å². The predicted octanol–water partition coefficient (Wildman–Crippen LogP) is 1.43. The lowest BCUT2D eigenvalue weighted by molar-refractivity contribution is 0.314. The molecule has 0 radical (unpaired) electrons. The van der Waals surface area contributed by atoms with Gasteiger partial charge in [-0.05, 0) is 37.8 Å². The molecule has 110 valence electrons. The second kappa shape index (κ2) is 6.31. The Hall–Kier alpha value is -1.49. The zero-order valence-corrected chi connectivity index (χ0v) is 12.1. The molecule has 2 N–H and O–H groups in total. The van der Waals surface area contributed by atoms with Crippen LogP contribution in [0.2, 0.25) is 0 Å². The second-order valence-corrected chi connectivity index (χ2v) is 5.82. The molecule has 3 rings (SSSR count). The van der Waals surface area contributed by atoms with E-state index in [1.54, 1.807) is 12.5 Å². The Bertz CT molecular complexity index is 439. The summed E-state index contributed by atoms with van der Waals surface area (Å²) in [7, 11) is 1.82. The molecule has 20 heavy (non-hydrogen) atoms. The van der Waals surface area contributed by atoms with Crippen molar-refractivity contribution in [3.63, 3.8) is 0 Å². The van der Waals surface area contributed by atoms with Crippen molar-refractivity contribution in [3.8, 4) is 0 Å². The monoisotopic (exact) mass is 276 g/mol. The van der Waals surface area contributed by atoms with Crippen LogP contribution in [0.3, 0.4) is 0 Å². The third-order valence-electron chi connectivity index (χ3n) is 4.20. The smallest absolute Gasteiger partial charge is 0.191 e. The van der Waals surface area contributed by atoms with Crippen molar-refractivity contribution in [2.45, 2.75) is 31.8 Å². The van der Waals surface area contributed by atoms with Gasteiger partial charge in [0.1, 0.15) is 0 Å². The highest BCUT2D eigenvalue weighted by Crippen LogP contribution is 2.31. The third-order valence-corrected chi connectivity index (χ3v) is 4.20. The highest BCUT2D eigenvalue weighted by molar-refractivity contribution is 5.79. The fourth-order valence-corrected chi connectivity index (χ4v) is 2.84. The number of likely N-dealkylation sites (tertiary alicyclic amines) is 1. The molecule has 5 nitrogen and oxygen atoms in total. The Morgan fingerprint density at radius 1 is 1.40 bits per heavy atom. The lowest BCUT2D eigenvalue weighted by Gasteiger charge is -2.16. The Morgan fingerprint density at radius 3 is 3.00 bits per heavy atom. The fourth-order valence-electron chi connectivity index (χ4n) is 2.84. The largest absolute Gasteiger partial charge is 0.472 e. The Morgan fingerprint density at radius 2 is 2.30 bits per heavy atom. The molecule has 1 aromatic heterocycles. The SMILES string of the molecule is CN=C(NCc1ccoc1)NCC1CCN(C2CC2)C1. The van der Waals surface area contributed by atoms with Crippen LogP contribution in [-0.2, 0) is 6.54 Å². The van der Waals surface area contributed by atoms with E-state index in [-0.39, 0.29) is 0 Å². The first-order valence-electron chi connectivity index (χ1n) is 7.55. The number of hydrogen-bond donors (Lipinski definition) is 2. The molecule has 5 heteroatoms. The first kappa shape index (κ1) is 13.5. The summed E-state index contributed by atoms with van der Waals surface area (Å²) in [5.74, 6) is 1.62. The molecular formula is C15H24N4O. The van der Waals surface area contributed by atoms with E-state index in [9.17, 15) is 0 Å². The highest BCUT2D eigenvalue weighted by Gasteiger charge is 2.34. The second-order valence-electron chi connectivity index (χ2n) is 5.82. The van der Waals surface area contributed by atoms with E-state index in [4.69, 9.17) is 4.42 Å². The van der Waals surface area contributed by atoms with E-state index < -0.39 is 0 Å². The minimum absolute atomic E-state index is 0.745. The van der Waals surface area contributed by atoms with Gasteiger partial charge in [-0.25, -0.2) is 0 Å². The molecule has 1 saturated heterocycles. The van der Waals surface area contributed by atoms with Gasteiger partial charge in [-0.3, -0.25) is 4.99 Å². The van der Waals surface area contributed by atoms with Crippen LogP contribution in [-0.4, -0.2) is 43.6 Å². The zero-order chi connectivity index (χ0) is 13.8. The van der Waals surface area contributed by atoms with Gasteiger partial charge in [0.25, 0.3) is 0 Å². The topological polar surface area (TPSA) is 52.8 Å². The van der Waals surface area contributed by atoms with Gasteiger partial charge in [0.15, 0.2) is 5.96 Å². The molecule has 1 atom stereocenters. The van der Waals surface area contributed by atoms with Crippen LogP contribution in [0, 0.1) is 5.92 Å². The maximum atomic E-state index is 5.06. The molecule has 0 spiro atoms. The van der Waals surface area contributed by atoms with Crippen LogP contribution in [0.15, 0.2) is 28.0 Å². The maximum absolute atomic E-state index is 5.06. The first-order chi connectivity index (χ1) is 9.85. The van der Waals surface area contributed by atoms with Crippen LogP contribution in [0.1, 0.15) is 24.8 Å². The quantitative estimate of drug-likeness (QED) is 0.631. The summed E-state index contributed by atoms with van der Waals surface area (Å²) in [6, 6.07) is 2.86. The predicted molar refractivity (Wildman–Crippen MR) is 79.6 cm³/mol. The lowest BCUT2D eigenvalue weighted by atomic mass is 10.1. The van der Waals surface area contributed by atoms with E-state index in [2.05, 4.69) is 20.5 Å². The van der Waals surface area contributed by atoms with Gasteiger partial charge >= 0.3 is 0 Å². The van der Waals surface area contributed by atoms with Gasteiger partial charge in [0, 0.05) is 38.3 Å². The summed E-state index contributed by atoms with van der Waals surface area (Å²) in [4.78, 5) is 6.91. The Labute approximate surface area is 120 Å². The number of aliphatic imine (C=N–C) groups is 1. The molecule has 2 aliphatic rings. The molecule has 0 bridgehead atoms. The van der Waals surface area contributed by atoms with Crippen LogP contribution in [0.4, 0.5) is 0 Å². The molecule has 1 saturated carbocycles. The molecule has 0 aromatic carbocycles. The standard InChI is InChI=1S/C15H24N4O/c1-16-15(18-9-13-5-7-20-11-13)17-8-12-4-6-19(10-12)14-2-3-14/h5,7,11-12,14H,2-4,6,8-10H2,1H3,(H2,16,17,18). The molecule has 1 unspecified atom stereocenters. The van der Waals surface area contributed by atoms with E-state index in [1.807, 2.05) is 13.1 Å². The van der Waals surface area contributed by atoms with Crippen LogP contribution in [0.25, 0.3) is 0 Å². The number of nitrogens with one attached hydrogen (secondary N) is 2. The summed E-state index contributed by atoms with van der Waals surface area (Å²) in [5.41, 5.74) is 1.13. The number of rotatable bonds is 5. The minimum atomic E-state index is 0.745. The average Bonchev–Trinajstić information content (AvgIpc) is 3.01. The average molecular weight is 276 g/mol. The molecule has 2 fully saturated rings. The van der Waals surface area contributed by atoms with Crippen LogP contribution in [0.5, 0.6) is 0 Å². The molecular weight excluding hydrogens is 252 g/mol. The minimum Gasteiger partial charge on any atom is -0.472 e. The number of hydrogen-bond acceptors (Lipinski definition) is 3. The summed E-state index contributed by atoms with van der Waals surface area (Å²) in [6.07, 6.45) is 7.58. The van der Waals surface area contributed by atoms with Crippen molar-refractivity contribution >= 4 is 5.96 Å². The fraction of sp³-hybridized carbons (Fsp3) is 0.667. The van der Waals surface area contributed by atoms with Crippen molar-refractivity contribution < 1.29 is 4.42 Å². The van der Waals surface area contributed by atoms with Gasteiger partial charge in [-0.1, -0.05) is 0 Å². The van der Waals surface area contributed by atoms with Gasteiger partial charge in [-0.2, -0.15) is 0 Å². The molecule has 2 heterocycles. The van der Waals surface area contributed by atoms with Crippen LogP contribution >= 0.6 is 0 Å². The molecule has 1 aliphatic carbocycles. The summed E-state index contributed by atoms with van der Waals surface area (Å²) in [5, 5.41) is 6.74. The number of nitrogens with zero attached hydrogens (tertiary/aromatic N) is 2. The van der Waals surface area contributed by atoms with Gasteiger partial charge in [-0.15, -0.1) is 0 Å². The maximum Gasteiger partial charge on any atom is 0.191 e. The van der Waals surface area contributed by atoms with Crippen molar-refractivity contribution in [1.29, 1.82) is 0 Å². The van der Waals surface area contributed by atoms with Gasteiger partial charge in [0.2, 0.25) is 0 Å². The summed E-state index contributed by atoms with van der Waals surface area (Å²) in [6.45, 7) is 4.28. The summed E-state index contributed by atoms with van der Waals surface area (Å²) < 4.78 is 5.06. The first-order valence-corrected chi connectivity index (χ1v) is 7.55. The lowest BCUT2D eigenvalue weighted by Crippen LogP contribution is -2.39. The molecule has 1 aliphatic heterocycles. The number of guanidine groups is 1. The number of furan rings is 1. The van der Waals surface area contributed by atoms with E-state index in [1.165, 1.54) is 32.4 Å². The van der Waals surface area contributed by atoms with E-state index in [0.717, 1.165) is 36.6 Å². The van der Waals surface area contributed by atoms with Crippen molar-refractivity contribution in [2.75, 3.05) is 26.7 Å². The van der Waals surface area contributed by atoms with Crippen molar-refractivity contribution in [1.82, 2.24) is 15.5 Å². The van der Waals surface area contributed by atoms with E-state index in [0.29, 0.717) is 0 Å². The van der Waals surface area contributed by atoms with Gasteiger partial charge in [0.05, 0.1) is 12.5 Å². The zero-order valence-electron chi connectivity index (χ0n) is 12.1. The highest BCUT2D eigenvalue weighted by atomic mass is 16.3. The summed E-state index contributed by atoms with van der Waals surface area (Å²) >= 11 is 0. The molecule has 1 aromatic rings. The van der Waals surface area contributed by atoms with Crippen molar-refractivity contribution in [3.05, 3.63) is 24.2 Å². The normalized spacial score (nSPS) is 24.1.